The maximum Gasteiger partial charge on any atom is 0.255 e. The first kappa shape index (κ1) is 23.2. The first-order chi connectivity index (χ1) is 16.6. The second-order valence-corrected chi connectivity index (χ2v) is 9.17. The van der Waals surface area contributed by atoms with Crippen LogP contribution in [0.25, 0.3) is 0 Å². The number of amides is 1. The number of carbonyl (C=O) groups is 1. The molecular weight excluding hydrogens is 468 g/mol. The highest BCUT2D eigenvalue weighted by atomic mass is 35.5. The quantitative estimate of drug-likeness (QED) is 0.597. The van der Waals surface area contributed by atoms with Gasteiger partial charge in [-0.2, -0.15) is 0 Å². The number of hydrogen-bond acceptors (Lipinski definition) is 6. The zero-order chi connectivity index (χ0) is 23.1. The SMILES string of the molecule is Cl.O=C(Nc1ccc(N2CC3CC(C2)c2cccc(=O)n2C3)nc1)c1ccc2c(c1)OCCCO2. The number of piperidine rings is 1. The lowest BCUT2D eigenvalue weighted by Crippen LogP contribution is -2.47. The van der Waals surface area contributed by atoms with E-state index in [4.69, 9.17) is 9.47 Å². The molecule has 9 heteroatoms. The highest BCUT2D eigenvalue weighted by Crippen LogP contribution is 2.36. The first-order valence-electron chi connectivity index (χ1n) is 11.8. The average Bonchev–Trinajstić information content (AvgIpc) is 3.10. The van der Waals surface area contributed by atoms with Crippen LogP contribution in [-0.2, 0) is 6.54 Å². The molecule has 3 aromatic rings. The summed E-state index contributed by atoms with van der Waals surface area (Å²) in [5.41, 5.74) is 2.35. The Balaban J connectivity index is 0.00000253. The maximum absolute atomic E-state index is 12.8. The Morgan fingerprint density at radius 1 is 1.00 bits per heavy atom. The van der Waals surface area contributed by atoms with Crippen molar-refractivity contribution in [3.8, 4) is 11.5 Å². The minimum atomic E-state index is -0.222. The van der Waals surface area contributed by atoms with Gasteiger partial charge in [-0.1, -0.05) is 6.07 Å². The topological polar surface area (TPSA) is 85.7 Å². The second kappa shape index (κ2) is 9.62. The van der Waals surface area contributed by atoms with Crippen LogP contribution in [0, 0.1) is 5.92 Å². The van der Waals surface area contributed by atoms with Crippen LogP contribution in [0.2, 0.25) is 0 Å². The van der Waals surface area contributed by atoms with Crippen molar-refractivity contribution in [2.24, 2.45) is 5.92 Å². The highest BCUT2D eigenvalue weighted by molar-refractivity contribution is 6.04. The van der Waals surface area contributed by atoms with E-state index in [0.29, 0.717) is 47.8 Å². The molecule has 2 bridgehead atoms. The number of nitrogens with one attached hydrogen (secondary N) is 1. The fourth-order valence-corrected chi connectivity index (χ4v) is 5.24. The number of anilines is 2. The van der Waals surface area contributed by atoms with E-state index in [1.807, 2.05) is 22.8 Å². The number of aromatic nitrogens is 2. The van der Waals surface area contributed by atoms with Crippen molar-refractivity contribution in [2.45, 2.75) is 25.3 Å². The van der Waals surface area contributed by atoms with Gasteiger partial charge in [0.05, 0.1) is 25.1 Å². The number of hydrogen-bond donors (Lipinski definition) is 1. The summed E-state index contributed by atoms with van der Waals surface area (Å²) in [4.78, 5) is 31.9. The van der Waals surface area contributed by atoms with E-state index < -0.39 is 0 Å². The van der Waals surface area contributed by atoms with E-state index >= 15 is 0 Å². The van der Waals surface area contributed by atoms with Gasteiger partial charge >= 0.3 is 0 Å². The molecular formula is C26H27ClN4O4. The molecule has 0 aliphatic carbocycles. The number of fused-ring (bicyclic) bond motifs is 5. The molecule has 182 valence electrons. The Labute approximate surface area is 209 Å². The van der Waals surface area contributed by atoms with Crippen LogP contribution in [0.4, 0.5) is 11.5 Å². The van der Waals surface area contributed by atoms with Gasteiger partial charge in [-0.05, 0) is 48.7 Å². The summed E-state index contributed by atoms with van der Waals surface area (Å²) in [7, 11) is 0. The lowest BCUT2D eigenvalue weighted by molar-refractivity contribution is 0.102. The van der Waals surface area contributed by atoms with Gasteiger partial charge in [0.15, 0.2) is 11.5 Å². The zero-order valence-corrected chi connectivity index (χ0v) is 20.0. The number of ether oxygens (including phenoxy) is 2. The van der Waals surface area contributed by atoms with Crippen molar-refractivity contribution in [3.05, 3.63) is 76.3 Å². The Hall–Kier alpha value is -3.52. The zero-order valence-electron chi connectivity index (χ0n) is 19.2. The number of pyridine rings is 2. The van der Waals surface area contributed by atoms with Crippen molar-refractivity contribution in [1.82, 2.24) is 9.55 Å². The van der Waals surface area contributed by atoms with Crippen LogP contribution in [0.15, 0.2) is 59.5 Å². The Kier molecular flexibility index (Phi) is 6.38. The number of benzene rings is 1. The van der Waals surface area contributed by atoms with Crippen molar-refractivity contribution >= 4 is 29.8 Å². The van der Waals surface area contributed by atoms with Crippen LogP contribution in [0.5, 0.6) is 11.5 Å². The third-order valence-corrected chi connectivity index (χ3v) is 6.82. The monoisotopic (exact) mass is 494 g/mol. The molecule has 5 heterocycles. The summed E-state index contributed by atoms with van der Waals surface area (Å²) in [6.07, 6.45) is 3.61. The van der Waals surface area contributed by atoms with Crippen molar-refractivity contribution < 1.29 is 14.3 Å². The Bertz CT molecular complexity index is 1290. The average molecular weight is 495 g/mol. The van der Waals surface area contributed by atoms with Gasteiger partial charge in [0.2, 0.25) is 0 Å². The molecule has 0 saturated carbocycles. The number of nitrogens with zero attached hydrogens (tertiary/aromatic N) is 3. The van der Waals surface area contributed by atoms with E-state index in [1.165, 1.54) is 0 Å². The number of halogens is 1. The summed E-state index contributed by atoms with van der Waals surface area (Å²) in [5.74, 6) is 2.67. The van der Waals surface area contributed by atoms with Crippen molar-refractivity contribution in [3.63, 3.8) is 0 Å². The van der Waals surface area contributed by atoms with Crippen LogP contribution in [0.1, 0.15) is 34.8 Å². The van der Waals surface area contributed by atoms with Gasteiger partial charge in [0.25, 0.3) is 11.5 Å². The van der Waals surface area contributed by atoms with Crippen molar-refractivity contribution in [2.75, 3.05) is 36.5 Å². The number of carbonyl (C=O) groups excluding carboxylic acids is 1. The molecule has 1 fully saturated rings. The van der Waals surface area contributed by atoms with Gasteiger partial charge in [0, 0.05) is 49.3 Å². The van der Waals surface area contributed by atoms with E-state index in [1.54, 1.807) is 30.5 Å². The Morgan fingerprint density at radius 2 is 1.86 bits per heavy atom. The molecule has 8 nitrogen and oxygen atoms in total. The molecule has 3 aliphatic heterocycles. The fraction of sp³-hybridized carbons (Fsp3) is 0.346. The van der Waals surface area contributed by atoms with Crippen molar-refractivity contribution in [1.29, 1.82) is 0 Å². The minimum Gasteiger partial charge on any atom is -0.490 e. The molecule has 0 spiro atoms. The molecule has 2 unspecified atom stereocenters. The van der Waals surface area contributed by atoms with Crippen LogP contribution >= 0.6 is 12.4 Å². The molecule has 1 amide bonds. The fourth-order valence-electron chi connectivity index (χ4n) is 5.24. The maximum atomic E-state index is 12.8. The van der Waals surface area contributed by atoms with E-state index in [-0.39, 0.29) is 23.9 Å². The number of rotatable bonds is 3. The largest absolute Gasteiger partial charge is 0.490 e. The lowest BCUT2D eigenvalue weighted by Gasteiger charge is -2.43. The highest BCUT2D eigenvalue weighted by Gasteiger charge is 2.34. The van der Waals surface area contributed by atoms with Gasteiger partial charge in [-0.25, -0.2) is 4.98 Å². The van der Waals surface area contributed by atoms with Crippen LogP contribution in [0.3, 0.4) is 0 Å². The molecule has 2 aromatic heterocycles. The van der Waals surface area contributed by atoms with Gasteiger partial charge < -0.3 is 24.3 Å². The predicted octanol–water partition coefficient (Wildman–Crippen LogP) is 3.70. The molecule has 35 heavy (non-hydrogen) atoms. The predicted molar refractivity (Wildman–Crippen MR) is 135 cm³/mol. The molecule has 2 atom stereocenters. The summed E-state index contributed by atoms with van der Waals surface area (Å²) in [6, 6.07) is 14.6. The van der Waals surface area contributed by atoms with E-state index in [9.17, 15) is 9.59 Å². The standard InChI is InChI=1S/C26H26N4O4.ClH/c31-25-4-1-3-21-19-11-17(15-30(21)25)14-29(16-19)24-8-6-20(13-27-24)28-26(32)18-5-7-22-23(12-18)34-10-2-9-33-22;/h1,3-8,12-13,17,19H,2,9-11,14-16H2,(H,28,32);1H. The molecule has 6 rings (SSSR count). The molecule has 1 N–H and O–H groups in total. The minimum absolute atomic E-state index is 0. The summed E-state index contributed by atoms with van der Waals surface area (Å²) in [5, 5.41) is 2.92. The van der Waals surface area contributed by atoms with Gasteiger partial charge in [-0.15, -0.1) is 12.4 Å². The normalized spacial score (nSPS) is 20.2. The Morgan fingerprint density at radius 3 is 2.69 bits per heavy atom. The summed E-state index contributed by atoms with van der Waals surface area (Å²) < 4.78 is 13.3. The van der Waals surface area contributed by atoms with Gasteiger partial charge in [0.1, 0.15) is 5.82 Å². The summed E-state index contributed by atoms with van der Waals surface area (Å²) >= 11 is 0. The lowest BCUT2D eigenvalue weighted by atomic mass is 9.83. The van der Waals surface area contributed by atoms with Crippen LogP contribution in [-0.4, -0.2) is 41.8 Å². The third kappa shape index (κ3) is 4.58. The molecule has 1 saturated heterocycles. The second-order valence-electron chi connectivity index (χ2n) is 9.17. The van der Waals surface area contributed by atoms with E-state index in [2.05, 4.69) is 21.3 Å². The third-order valence-electron chi connectivity index (χ3n) is 6.82. The van der Waals surface area contributed by atoms with Gasteiger partial charge in [-0.3, -0.25) is 9.59 Å². The smallest absolute Gasteiger partial charge is 0.255 e. The van der Waals surface area contributed by atoms with E-state index in [0.717, 1.165) is 44.0 Å². The summed E-state index contributed by atoms with van der Waals surface area (Å²) in [6.45, 7) is 3.64. The molecule has 1 aromatic carbocycles. The first-order valence-corrected chi connectivity index (χ1v) is 11.8. The molecule has 3 aliphatic rings. The molecule has 0 radical (unpaired) electrons. The van der Waals surface area contributed by atoms with Crippen LogP contribution < -0.4 is 25.2 Å².